The molecule has 0 fully saturated rings. The van der Waals surface area contributed by atoms with Crippen LogP contribution in [0.4, 0.5) is 0 Å². The average molecular weight is 411 g/mol. The Morgan fingerprint density at radius 2 is 2.10 bits per heavy atom. The van der Waals surface area contributed by atoms with Gasteiger partial charge in [-0.25, -0.2) is 4.98 Å². The van der Waals surface area contributed by atoms with Gasteiger partial charge in [0.25, 0.3) is 0 Å². The molecule has 0 saturated carbocycles. The average Bonchev–Trinajstić information content (AvgIpc) is 3.09. The lowest BCUT2D eigenvalue weighted by Gasteiger charge is -2.38. The van der Waals surface area contributed by atoms with Crippen LogP contribution < -0.4 is 5.32 Å². The number of benzene rings is 1. The molecule has 154 valence electrons. The molecule has 1 aliphatic carbocycles. The van der Waals surface area contributed by atoms with Crippen LogP contribution in [0, 0.1) is 6.92 Å². The second kappa shape index (κ2) is 8.76. The predicted molar refractivity (Wildman–Crippen MR) is 121 cm³/mol. The van der Waals surface area contributed by atoms with E-state index in [1.807, 2.05) is 12.1 Å². The van der Waals surface area contributed by atoms with Gasteiger partial charge in [-0.1, -0.05) is 48.4 Å². The van der Waals surface area contributed by atoms with Crippen LogP contribution in [0.2, 0.25) is 5.02 Å². The summed E-state index contributed by atoms with van der Waals surface area (Å²) in [5, 5.41) is 4.56. The first-order valence-corrected chi connectivity index (χ1v) is 11.1. The van der Waals surface area contributed by atoms with E-state index < -0.39 is 0 Å². The molecule has 1 aromatic carbocycles. The molecular weight excluding hydrogens is 380 g/mol. The smallest absolute Gasteiger partial charge is 0.123 e. The predicted octanol–water partition coefficient (Wildman–Crippen LogP) is 5.53. The van der Waals surface area contributed by atoms with E-state index in [0.717, 1.165) is 60.9 Å². The lowest BCUT2D eigenvalue weighted by atomic mass is 9.91. The highest BCUT2D eigenvalue weighted by molar-refractivity contribution is 6.32. The standard InChI is InChI=1S/C24H31ClN4/c1-4-7-22(20-8-5-6-9-21(20)25)27-23-14-19(11-10-17(23)2)28-12-13-29-15-18(3)26-24(29)16-28/h5-9,15,19,27H,4,10-14,16H2,1-3H3/b22-7+. The molecule has 1 N–H and O–H groups in total. The third kappa shape index (κ3) is 4.44. The molecule has 0 spiro atoms. The molecular formula is C24H31ClN4. The van der Waals surface area contributed by atoms with Crippen LogP contribution in [-0.2, 0) is 13.1 Å². The van der Waals surface area contributed by atoms with E-state index in [1.165, 1.54) is 23.5 Å². The number of halogens is 1. The number of nitrogens with one attached hydrogen (secondary N) is 1. The highest BCUT2D eigenvalue weighted by Crippen LogP contribution is 2.31. The second-order valence-electron chi connectivity index (χ2n) is 8.25. The lowest BCUT2D eigenvalue weighted by Crippen LogP contribution is -2.43. The van der Waals surface area contributed by atoms with Crippen molar-refractivity contribution in [2.75, 3.05) is 6.54 Å². The number of hydrogen-bond acceptors (Lipinski definition) is 3. The molecule has 1 aromatic heterocycles. The molecule has 0 radical (unpaired) electrons. The van der Waals surface area contributed by atoms with Gasteiger partial charge in [-0.05, 0) is 39.2 Å². The third-order valence-corrected chi connectivity index (χ3v) is 6.46. The molecule has 1 atom stereocenters. The van der Waals surface area contributed by atoms with Crippen molar-refractivity contribution in [2.45, 2.75) is 65.6 Å². The fraction of sp³-hybridized carbons (Fsp3) is 0.458. The van der Waals surface area contributed by atoms with Crippen molar-refractivity contribution in [3.63, 3.8) is 0 Å². The molecule has 0 amide bonds. The van der Waals surface area contributed by atoms with Crippen molar-refractivity contribution in [3.8, 4) is 0 Å². The quantitative estimate of drug-likeness (QED) is 0.703. The van der Waals surface area contributed by atoms with Gasteiger partial charge in [0, 0.05) is 53.7 Å². The summed E-state index contributed by atoms with van der Waals surface area (Å²) in [5.74, 6) is 1.21. The summed E-state index contributed by atoms with van der Waals surface area (Å²) in [6.07, 6.45) is 8.80. The van der Waals surface area contributed by atoms with Crippen LogP contribution in [-0.4, -0.2) is 27.0 Å². The van der Waals surface area contributed by atoms with E-state index in [1.54, 1.807) is 0 Å². The van der Waals surface area contributed by atoms with Crippen LogP contribution in [0.15, 0.2) is 47.8 Å². The zero-order valence-electron chi connectivity index (χ0n) is 17.7. The minimum Gasteiger partial charge on any atom is -0.359 e. The molecule has 4 rings (SSSR count). The van der Waals surface area contributed by atoms with Crippen molar-refractivity contribution < 1.29 is 0 Å². The number of allylic oxidation sites excluding steroid dienone is 2. The topological polar surface area (TPSA) is 33.1 Å². The Labute approximate surface area is 179 Å². The van der Waals surface area contributed by atoms with Gasteiger partial charge in [0.1, 0.15) is 5.82 Å². The highest BCUT2D eigenvalue weighted by Gasteiger charge is 2.28. The molecule has 4 nitrogen and oxygen atoms in total. The number of imidazole rings is 1. The van der Waals surface area contributed by atoms with Gasteiger partial charge in [-0.2, -0.15) is 0 Å². The first-order chi connectivity index (χ1) is 14.0. The van der Waals surface area contributed by atoms with Gasteiger partial charge in [0.2, 0.25) is 0 Å². The van der Waals surface area contributed by atoms with Gasteiger partial charge in [-0.15, -0.1) is 0 Å². The summed E-state index contributed by atoms with van der Waals surface area (Å²) in [4.78, 5) is 7.34. The number of rotatable bonds is 5. The molecule has 29 heavy (non-hydrogen) atoms. The first-order valence-electron chi connectivity index (χ1n) is 10.7. The summed E-state index contributed by atoms with van der Waals surface area (Å²) < 4.78 is 2.31. The zero-order chi connectivity index (χ0) is 20.4. The van der Waals surface area contributed by atoms with Crippen LogP contribution in [0.5, 0.6) is 0 Å². The van der Waals surface area contributed by atoms with E-state index in [-0.39, 0.29) is 0 Å². The fourth-order valence-corrected chi connectivity index (χ4v) is 4.75. The maximum absolute atomic E-state index is 6.49. The summed E-state index contributed by atoms with van der Waals surface area (Å²) in [6.45, 7) is 9.61. The van der Waals surface area contributed by atoms with Gasteiger partial charge >= 0.3 is 0 Å². The Bertz CT molecular complexity index is 940. The second-order valence-corrected chi connectivity index (χ2v) is 8.66. The van der Waals surface area contributed by atoms with Crippen molar-refractivity contribution in [1.82, 2.24) is 19.8 Å². The number of aromatic nitrogens is 2. The van der Waals surface area contributed by atoms with Crippen LogP contribution >= 0.6 is 11.6 Å². The normalized spacial score (nSPS) is 20.7. The Hall–Kier alpha value is -2.04. The van der Waals surface area contributed by atoms with Crippen molar-refractivity contribution in [1.29, 1.82) is 0 Å². The Morgan fingerprint density at radius 3 is 2.90 bits per heavy atom. The number of nitrogens with zero attached hydrogens (tertiary/aromatic N) is 3. The maximum Gasteiger partial charge on any atom is 0.123 e. The fourth-order valence-electron chi connectivity index (χ4n) is 4.52. The Balaban J connectivity index is 1.50. The monoisotopic (exact) mass is 410 g/mol. The van der Waals surface area contributed by atoms with Crippen LogP contribution in [0.1, 0.15) is 56.6 Å². The number of aryl methyl sites for hydroxylation is 1. The van der Waals surface area contributed by atoms with E-state index >= 15 is 0 Å². The van der Waals surface area contributed by atoms with Gasteiger partial charge in [-0.3, -0.25) is 4.90 Å². The van der Waals surface area contributed by atoms with E-state index in [4.69, 9.17) is 16.6 Å². The largest absolute Gasteiger partial charge is 0.359 e. The number of hydrogen-bond donors (Lipinski definition) is 1. The summed E-state index contributed by atoms with van der Waals surface area (Å²) in [5.41, 5.74) is 6.14. The van der Waals surface area contributed by atoms with Gasteiger partial charge in [0.05, 0.1) is 12.2 Å². The molecule has 1 aliphatic heterocycles. The minimum atomic E-state index is 0.557. The summed E-state index contributed by atoms with van der Waals surface area (Å²) >= 11 is 6.49. The molecule has 2 aromatic rings. The first kappa shape index (κ1) is 20.2. The Kier molecular flexibility index (Phi) is 6.12. The Morgan fingerprint density at radius 1 is 1.28 bits per heavy atom. The zero-order valence-corrected chi connectivity index (χ0v) is 18.5. The van der Waals surface area contributed by atoms with Crippen molar-refractivity contribution in [2.24, 2.45) is 0 Å². The van der Waals surface area contributed by atoms with E-state index in [9.17, 15) is 0 Å². The van der Waals surface area contributed by atoms with Crippen molar-refractivity contribution in [3.05, 3.63) is 69.9 Å². The van der Waals surface area contributed by atoms with Gasteiger partial charge < -0.3 is 9.88 Å². The molecule has 2 aliphatic rings. The molecule has 1 unspecified atom stereocenters. The van der Waals surface area contributed by atoms with Crippen LogP contribution in [0.25, 0.3) is 5.70 Å². The summed E-state index contributed by atoms with van der Waals surface area (Å²) in [6, 6.07) is 8.65. The maximum atomic E-state index is 6.49. The highest BCUT2D eigenvalue weighted by atomic mass is 35.5. The molecule has 0 bridgehead atoms. The molecule has 5 heteroatoms. The molecule has 0 saturated heterocycles. The van der Waals surface area contributed by atoms with E-state index in [0.29, 0.717) is 6.04 Å². The summed E-state index contributed by atoms with van der Waals surface area (Å²) in [7, 11) is 0. The van der Waals surface area contributed by atoms with Crippen molar-refractivity contribution >= 4 is 17.3 Å². The van der Waals surface area contributed by atoms with Crippen LogP contribution in [0.3, 0.4) is 0 Å². The third-order valence-electron chi connectivity index (χ3n) is 6.13. The van der Waals surface area contributed by atoms with E-state index in [2.05, 4.69) is 60.0 Å². The molecule has 2 heterocycles. The SMILES string of the molecule is CC/C=C(/NC1=C(C)CCC(N2CCn3cc(C)nc3C2)C1)c1ccccc1Cl. The lowest BCUT2D eigenvalue weighted by molar-refractivity contribution is 0.138. The minimum absolute atomic E-state index is 0.557. The number of fused-ring (bicyclic) bond motifs is 1. The van der Waals surface area contributed by atoms with Gasteiger partial charge in [0.15, 0.2) is 0 Å².